The lowest BCUT2D eigenvalue weighted by Crippen LogP contribution is -2.45. The first-order valence-electron chi connectivity index (χ1n) is 7.98. The number of halogens is 2. The minimum absolute atomic E-state index is 0.0509. The molecule has 7 unspecified atom stereocenters. The first-order valence-corrected chi connectivity index (χ1v) is 10.7. The van der Waals surface area contributed by atoms with Crippen LogP contribution >= 0.6 is 45.2 Å². The number of rotatable bonds is 4. The predicted octanol–water partition coefficient (Wildman–Crippen LogP) is 2.29. The van der Waals surface area contributed by atoms with E-state index in [1.54, 1.807) is 20.8 Å². The molecule has 1 aliphatic heterocycles. The van der Waals surface area contributed by atoms with Crippen molar-refractivity contribution in [1.82, 2.24) is 0 Å². The molecule has 3 rings (SSSR count). The van der Waals surface area contributed by atoms with E-state index in [1.807, 2.05) is 22.6 Å². The second kappa shape index (κ2) is 6.55. The van der Waals surface area contributed by atoms with Crippen molar-refractivity contribution in [2.75, 3.05) is 4.43 Å². The van der Waals surface area contributed by atoms with Gasteiger partial charge in [-0.05, 0) is 27.2 Å². The number of alkyl halides is 2. The molecule has 0 spiro atoms. The fraction of sp³-hybridized carbons (Fsp3) is 0.812. The third kappa shape index (κ3) is 3.16. The Morgan fingerprint density at radius 1 is 1.33 bits per heavy atom. The molecule has 3 fully saturated rings. The number of esters is 3. The molecule has 0 aromatic rings. The van der Waals surface area contributed by atoms with Crippen LogP contribution in [-0.4, -0.2) is 44.1 Å². The Hall–Kier alpha value is -0.130. The molecule has 2 saturated carbocycles. The van der Waals surface area contributed by atoms with Gasteiger partial charge in [-0.3, -0.25) is 14.4 Å². The summed E-state index contributed by atoms with van der Waals surface area (Å²) in [5.41, 5.74) is -0.623. The average molecular weight is 562 g/mol. The van der Waals surface area contributed by atoms with Crippen LogP contribution in [0.4, 0.5) is 0 Å². The van der Waals surface area contributed by atoms with Crippen molar-refractivity contribution in [3.8, 4) is 0 Å². The summed E-state index contributed by atoms with van der Waals surface area (Å²) in [6.07, 6.45) is -0.283. The molecular formula is C16H20I2O6. The van der Waals surface area contributed by atoms with Crippen molar-refractivity contribution in [2.24, 2.45) is 23.7 Å². The Balaban J connectivity index is 1.81. The van der Waals surface area contributed by atoms with E-state index < -0.39 is 35.6 Å². The molecule has 2 bridgehead atoms. The van der Waals surface area contributed by atoms with Crippen LogP contribution in [0.2, 0.25) is 0 Å². The maximum Gasteiger partial charge on any atom is 0.320 e. The summed E-state index contributed by atoms with van der Waals surface area (Å²) >= 11 is 4.16. The minimum atomic E-state index is -0.623. The Labute approximate surface area is 168 Å². The van der Waals surface area contributed by atoms with Crippen molar-refractivity contribution in [1.29, 1.82) is 0 Å². The predicted molar refractivity (Wildman–Crippen MR) is 101 cm³/mol. The van der Waals surface area contributed by atoms with Crippen LogP contribution in [0, 0.1) is 23.7 Å². The summed E-state index contributed by atoms with van der Waals surface area (Å²) in [6.45, 7) is 5.39. The van der Waals surface area contributed by atoms with E-state index in [0.717, 1.165) is 0 Å². The summed E-state index contributed by atoms with van der Waals surface area (Å²) in [7, 11) is 0. The van der Waals surface area contributed by atoms with Crippen LogP contribution in [-0.2, 0) is 28.6 Å². The van der Waals surface area contributed by atoms with Crippen LogP contribution in [0.15, 0.2) is 0 Å². The standard InChI is InChI=1S/C16H20I2O6/c1-16(2,3)24-15(21)10-7-4-6-9(10)14(20)23-12(6)11(7)22-13(19)8(18)5-17/h6-12H,4-5H2,1-3H3. The van der Waals surface area contributed by atoms with Gasteiger partial charge in [-0.25, -0.2) is 0 Å². The molecule has 1 saturated heterocycles. The largest absolute Gasteiger partial charge is 0.460 e. The zero-order valence-electron chi connectivity index (χ0n) is 13.7. The van der Waals surface area contributed by atoms with E-state index in [-0.39, 0.29) is 27.7 Å². The maximum atomic E-state index is 12.6. The molecule has 0 aromatic heterocycles. The SMILES string of the molecule is CC(C)(C)OC(=O)C1C2CC3C(OC(=O)C31)C2OC(=O)C(I)CI. The maximum absolute atomic E-state index is 12.6. The second-order valence-electron chi connectivity index (χ2n) is 7.57. The number of ether oxygens (including phenoxy) is 3. The number of hydrogen-bond donors (Lipinski definition) is 0. The Morgan fingerprint density at radius 2 is 2.00 bits per heavy atom. The van der Waals surface area contributed by atoms with E-state index in [9.17, 15) is 14.4 Å². The summed E-state index contributed by atoms with van der Waals surface area (Å²) in [5, 5.41) is 0. The van der Waals surface area contributed by atoms with E-state index in [0.29, 0.717) is 10.8 Å². The summed E-state index contributed by atoms with van der Waals surface area (Å²) in [5.74, 6) is -2.35. The van der Waals surface area contributed by atoms with E-state index >= 15 is 0 Å². The van der Waals surface area contributed by atoms with Crippen molar-refractivity contribution in [2.45, 2.75) is 48.9 Å². The quantitative estimate of drug-likeness (QED) is 0.227. The van der Waals surface area contributed by atoms with Crippen LogP contribution < -0.4 is 0 Å². The van der Waals surface area contributed by atoms with Gasteiger partial charge in [0, 0.05) is 16.3 Å². The van der Waals surface area contributed by atoms with Crippen molar-refractivity contribution < 1.29 is 28.6 Å². The van der Waals surface area contributed by atoms with Gasteiger partial charge in [-0.1, -0.05) is 45.2 Å². The number of fused-ring (bicyclic) bond motifs is 1. The monoisotopic (exact) mass is 562 g/mol. The molecule has 24 heavy (non-hydrogen) atoms. The van der Waals surface area contributed by atoms with Crippen LogP contribution in [0.3, 0.4) is 0 Å². The summed E-state index contributed by atoms with van der Waals surface area (Å²) in [6, 6.07) is 0. The highest BCUT2D eigenvalue weighted by Crippen LogP contribution is 2.59. The highest BCUT2D eigenvalue weighted by atomic mass is 127. The Morgan fingerprint density at radius 3 is 2.58 bits per heavy atom. The van der Waals surface area contributed by atoms with Gasteiger partial charge in [0.2, 0.25) is 0 Å². The molecule has 0 amide bonds. The van der Waals surface area contributed by atoms with Gasteiger partial charge in [0.1, 0.15) is 21.7 Å². The molecule has 0 N–H and O–H groups in total. The zero-order chi connectivity index (χ0) is 17.8. The molecule has 0 aromatic carbocycles. The molecule has 8 heteroatoms. The minimum Gasteiger partial charge on any atom is -0.460 e. The van der Waals surface area contributed by atoms with Gasteiger partial charge in [-0.15, -0.1) is 0 Å². The zero-order valence-corrected chi connectivity index (χ0v) is 18.0. The van der Waals surface area contributed by atoms with Gasteiger partial charge in [-0.2, -0.15) is 0 Å². The normalized spacial score (nSPS) is 38.0. The lowest BCUT2D eigenvalue weighted by molar-refractivity contribution is -0.171. The van der Waals surface area contributed by atoms with Gasteiger partial charge in [0.15, 0.2) is 0 Å². The van der Waals surface area contributed by atoms with E-state index in [1.165, 1.54) is 0 Å². The lowest BCUT2D eigenvalue weighted by atomic mass is 9.78. The molecule has 2 aliphatic carbocycles. The Kier molecular flexibility index (Phi) is 5.09. The molecule has 1 heterocycles. The molecule has 0 radical (unpaired) electrons. The first kappa shape index (κ1) is 18.7. The third-order valence-corrected chi connectivity index (χ3v) is 8.38. The van der Waals surface area contributed by atoms with Gasteiger partial charge in [0.25, 0.3) is 0 Å². The van der Waals surface area contributed by atoms with Gasteiger partial charge >= 0.3 is 17.9 Å². The van der Waals surface area contributed by atoms with Crippen LogP contribution in [0.1, 0.15) is 27.2 Å². The highest BCUT2D eigenvalue weighted by molar-refractivity contribution is 14.1. The number of carbonyl (C=O) groups excluding carboxylic acids is 3. The lowest BCUT2D eigenvalue weighted by Gasteiger charge is -2.32. The van der Waals surface area contributed by atoms with Crippen LogP contribution in [0.25, 0.3) is 0 Å². The van der Waals surface area contributed by atoms with Crippen molar-refractivity contribution in [3.63, 3.8) is 0 Å². The number of hydrogen-bond acceptors (Lipinski definition) is 6. The summed E-state index contributed by atoms with van der Waals surface area (Å²) < 4.78 is 17.0. The van der Waals surface area contributed by atoms with Gasteiger partial charge in [0.05, 0.1) is 11.8 Å². The fourth-order valence-corrected chi connectivity index (χ4v) is 4.62. The van der Waals surface area contributed by atoms with Crippen molar-refractivity contribution in [3.05, 3.63) is 0 Å². The summed E-state index contributed by atoms with van der Waals surface area (Å²) in [4.78, 5) is 37.0. The molecule has 7 atom stereocenters. The van der Waals surface area contributed by atoms with Crippen LogP contribution in [0.5, 0.6) is 0 Å². The third-order valence-electron chi connectivity index (χ3n) is 4.87. The second-order valence-corrected chi connectivity index (χ2v) is 9.96. The van der Waals surface area contributed by atoms with Gasteiger partial charge < -0.3 is 14.2 Å². The van der Waals surface area contributed by atoms with Crippen molar-refractivity contribution >= 4 is 63.1 Å². The molecule has 134 valence electrons. The first-order chi connectivity index (χ1) is 11.1. The smallest absolute Gasteiger partial charge is 0.320 e. The molecule has 6 nitrogen and oxygen atoms in total. The van der Waals surface area contributed by atoms with E-state index in [2.05, 4.69) is 22.6 Å². The fourth-order valence-electron chi connectivity index (χ4n) is 4.11. The number of carbonyl (C=O) groups is 3. The molecule has 3 aliphatic rings. The highest BCUT2D eigenvalue weighted by Gasteiger charge is 2.70. The topological polar surface area (TPSA) is 78.9 Å². The Bertz CT molecular complexity index is 571. The average Bonchev–Trinajstić information content (AvgIpc) is 3.07. The molecular weight excluding hydrogens is 542 g/mol. The van der Waals surface area contributed by atoms with E-state index in [4.69, 9.17) is 14.2 Å².